The summed E-state index contributed by atoms with van der Waals surface area (Å²) in [5.41, 5.74) is 2.80. The van der Waals surface area contributed by atoms with Crippen molar-refractivity contribution >= 4 is 16.3 Å². The zero-order valence-corrected chi connectivity index (χ0v) is 14.5. The van der Waals surface area contributed by atoms with Crippen molar-refractivity contribution < 1.29 is 9.47 Å². The number of hydrogen-bond acceptors (Lipinski definition) is 3. The van der Waals surface area contributed by atoms with Crippen molar-refractivity contribution in [3.8, 4) is 5.75 Å². The molecule has 1 N–H and O–H groups in total. The lowest BCUT2D eigenvalue weighted by molar-refractivity contribution is 0.0825. The van der Waals surface area contributed by atoms with Gasteiger partial charge in [0.1, 0.15) is 5.75 Å². The quantitative estimate of drug-likeness (QED) is 0.910. The molecule has 0 unspecified atom stereocenters. The molecule has 3 atom stereocenters. The third-order valence-electron chi connectivity index (χ3n) is 5.94. The molecular weight excluding hydrogens is 310 g/mol. The van der Waals surface area contributed by atoms with Gasteiger partial charge in [-0.1, -0.05) is 24.3 Å². The second kappa shape index (κ2) is 6.47. The standard InChI is InChI=1S/C22H25NO2/c1-2-18-12-20(24-14-19-13-21-5-6-22(19)25-21)4-3-17(18)11-16(1)15-7-9-23-10-8-15/h1-4,7,11-12,19,21-23H,5-6,8-10,13-14H2/t19-,21+,22-/m1/s1. The summed E-state index contributed by atoms with van der Waals surface area (Å²) < 4.78 is 12.0. The largest absolute Gasteiger partial charge is 0.493 e. The van der Waals surface area contributed by atoms with Gasteiger partial charge in [0.05, 0.1) is 18.8 Å². The van der Waals surface area contributed by atoms with Gasteiger partial charge < -0.3 is 14.8 Å². The predicted octanol–water partition coefficient (Wildman–Crippen LogP) is 4.16. The van der Waals surface area contributed by atoms with Crippen LogP contribution in [0.4, 0.5) is 0 Å². The Kier molecular flexibility index (Phi) is 3.99. The van der Waals surface area contributed by atoms with Crippen molar-refractivity contribution in [2.75, 3.05) is 19.7 Å². The predicted molar refractivity (Wildman–Crippen MR) is 101 cm³/mol. The van der Waals surface area contributed by atoms with E-state index in [0.29, 0.717) is 18.1 Å². The highest BCUT2D eigenvalue weighted by Gasteiger charge is 2.40. The lowest BCUT2D eigenvalue weighted by Gasteiger charge is -2.19. The van der Waals surface area contributed by atoms with Gasteiger partial charge in [-0.2, -0.15) is 0 Å². The Balaban J connectivity index is 1.31. The topological polar surface area (TPSA) is 30.5 Å². The van der Waals surface area contributed by atoms with E-state index >= 15 is 0 Å². The van der Waals surface area contributed by atoms with E-state index in [2.05, 4.69) is 47.8 Å². The summed E-state index contributed by atoms with van der Waals surface area (Å²) in [6.45, 7) is 2.83. The van der Waals surface area contributed by atoms with Crippen molar-refractivity contribution in [2.45, 2.75) is 37.9 Å². The van der Waals surface area contributed by atoms with E-state index in [1.54, 1.807) is 0 Å². The zero-order valence-electron chi connectivity index (χ0n) is 14.5. The van der Waals surface area contributed by atoms with Crippen LogP contribution >= 0.6 is 0 Å². The summed E-state index contributed by atoms with van der Waals surface area (Å²) in [5.74, 6) is 1.55. The Morgan fingerprint density at radius 3 is 2.80 bits per heavy atom. The zero-order chi connectivity index (χ0) is 16.6. The third kappa shape index (κ3) is 3.07. The average Bonchev–Trinajstić information content (AvgIpc) is 3.30. The van der Waals surface area contributed by atoms with Gasteiger partial charge in [0.25, 0.3) is 0 Å². The average molecular weight is 335 g/mol. The van der Waals surface area contributed by atoms with Gasteiger partial charge in [0.15, 0.2) is 0 Å². The molecule has 25 heavy (non-hydrogen) atoms. The van der Waals surface area contributed by atoms with E-state index < -0.39 is 0 Å². The fraction of sp³-hybridized carbons (Fsp3) is 0.455. The van der Waals surface area contributed by atoms with Crippen LogP contribution in [0, 0.1) is 5.92 Å². The summed E-state index contributed by atoms with van der Waals surface area (Å²) in [6.07, 6.45) is 7.98. The van der Waals surface area contributed by atoms with Gasteiger partial charge in [-0.05, 0) is 72.3 Å². The van der Waals surface area contributed by atoms with E-state index in [1.807, 2.05) is 0 Å². The maximum atomic E-state index is 6.10. The maximum absolute atomic E-state index is 6.10. The molecule has 2 aromatic rings. The first-order valence-corrected chi connectivity index (χ1v) is 9.57. The Morgan fingerprint density at radius 2 is 2.00 bits per heavy atom. The van der Waals surface area contributed by atoms with Crippen LogP contribution in [-0.2, 0) is 4.74 Å². The van der Waals surface area contributed by atoms with Crippen LogP contribution in [-0.4, -0.2) is 31.9 Å². The molecule has 5 rings (SSSR count). The Labute approximate surface area is 149 Å². The molecule has 3 aliphatic heterocycles. The minimum Gasteiger partial charge on any atom is -0.493 e. The molecule has 3 heteroatoms. The van der Waals surface area contributed by atoms with Gasteiger partial charge in [0.2, 0.25) is 0 Å². The lowest BCUT2D eigenvalue weighted by Crippen LogP contribution is -2.23. The maximum Gasteiger partial charge on any atom is 0.119 e. The van der Waals surface area contributed by atoms with Gasteiger partial charge in [-0.25, -0.2) is 0 Å². The van der Waals surface area contributed by atoms with Crippen LogP contribution in [0.5, 0.6) is 5.75 Å². The molecular formula is C22H25NO2. The number of rotatable bonds is 4. The monoisotopic (exact) mass is 335 g/mol. The van der Waals surface area contributed by atoms with Crippen molar-refractivity contribution in [2.24, 2.45) is 5.92 Å². The number of hydrogen-bond donors (Lipinski definition) is 1. The van der Waals surface area contributed by atoms with Crippen molar-refractivity contribution in [1.29, 1.82) is 0 Å². The minimum absolute atomic E-state index is 0.436. The molecule has 0 spiro atoms. The summed E-state index contributed by atoms with van der Waals surface area (Å²) in [5, 5.41) is 5.91. The van der Waals surface area contributed by atoms with Crippen LogP contribution in [0.1, 0.15) is 31.2 Å². The SMILES string of the molecule is C1=C(c2ccc3cc(OC[C@H]4C[C@@H]5CC[C@H]4O5)ccc3c2)CCNC1. The number of nitrogens with one attached hydrogen (secondary N) is 1. The van der Waals surface area contributed by atoms with Crippen LogP contribution in [0.3, 0.4) is 0 Å². The molecule has 0 amide bonds. The highest BCUT2D eigenvalue weighted by Crippen LogP contribution is 2.39. The molecule has 2 bridgehead atoms. The molecule has 0 aromatic heterocycles. The summed E-state index contributed by atoms with van der Waals surface area (Å²) >= 11 is 0. The van der Waals surface area contributed by atoms with E-state index in [-0.39, 0.29) is 0 Å². The molecule has 2 aromatic carbocycles. The van der Waals surface area contributed by atoms with Gasteiger partial charge in [-0.15, -0.1) is 0 Å². The molecule has 3 heterocycles. The second-order valence-electron chi connectivity index (χ2n) is 7.59. The molecule has 0 radical (unpaired) electrons. The number of fused-ring (bicyclic) bond motifs is 3. The fourth-order valence-electron chi connectivity index (χ4n) is 4.52. The summed E-state index contributed by atoms with van der Waals surface area (Å²) in [6, 6.07) is 13.2. The first-order valence-electron chi connectivity index (χ1n) is 9.57. The highest BCUT2D eigenvalue weighted by atomic mass is 16.5. The Hall–Kier alpha value is -1.84. The Morgan fingerprint density at radius 1 is 1.08 bits per heavy atom. The fourth-order valence-corrected chi connectivity index (χ4v) is 4.52. The van der Waals surface area contributed by atoms with Crippen LogP contribution in [0.2, 0.25) is 0 Å². The Bertz CT molecular complexity index is 813. The van der Waals surface area contributed by atoms with E-state index in [4.69, 9.17) is 9.47 Å². The van der Waals surface area contributed by atoms with Gasteiger partial charge in [-0.3, -0.25) is 0 Å². The van der Waals surface area contributed by atoms with E-state index in [1.165, 1.54) is 41.2 Å². The molecule has 2 fully saturated rings. The lowest BCUT2D eigenvalue weighted by atomic mass is 9.90. The molecule has 0 aliphatic carbocycles. The van der Waals surface area contributed by atoms with Gasteiger partial charge in [0, 0.05) is 12.5 Å². The normalized spacial score (nSPS) is 28.3. The molecule has 3 nitrogen and oxygen atoms in total. The number of benzene rings is 2. The molecule has 130 valence electrons. The highest BCUT2D eigenvalue weighted by molar-refractivity contribution is 5.87. The van der Waals surface area contributed by atoms with Crippen molar-refractivity contribution in [3.63, 3.8) is 0 Å². The smallest absolute Gasteiger partial charge is 0.119 e. The first kappa shape index (κ1) is 15.4. The van der Waals surface area contributed by atoms with Crippen LogP contribution < -0.4 is 10.1 Å². The van der Waals surface area contributed by atoms with Crippen molar-refractivity contribution in [3.05, 3.63) is 48.0 Å². The van der Waals surface area contributed by atoms with Crippen molar-refractivity contribution in [1.82, 2.24) is 5.32 Å². The molecule has 0 saturated carbocycles. The van der Waals surface area contributed by atoms with Crippen LogP contribution in [0.25, 0.3) is 16.3 Å². The minimum atomic E-state index is 0.436. The van der Waals surface area contributed by atoms with Crippen LogP contribution in [0.15, 0.2) is 42.5 Å². The second-order valence-corrected chi connectivity index (χ2v) is 7.59. The molecule has 3 aliphatic rings. The molecule has 2 saturated heterocycles. The summed E-state index contributed by atoms with van der Waals surface area (Å²) in [7, 11) is 0. The van der Waals surface area contributed by atoms with E-state index in [9.17, 15) is 0 Å². The summed E-state index contributed by atoms with van der Waals surface area (Å²) in [4.78, 5) is 0. The van der Waals surface area contributed by atoms with Gasteiger partial charge >= 0.3 is 0 Å². The third-order valence-corrected chi connectivity index (χ3v) is 5.94. The number of ether oxygens (including phenoxy) is 2. The van der Waals surface area contributed by atoms with E-state index in [0.717, 1.165) is 31.9 Å². The first-order chi connectivity index (χ1) is 12.3.